The second-order valence-electron chi connectivity index (χ2n) is 4.86. The van der Waals surface area contributed by atoms with Crippen molar-refractivity contribution in [3.05, 3.63) is 28.2 Å². The summed E-state index contributed by atoms with van der Waals surface area (Å²) in [6.07, 6.45) is 6.11. The average molecular weight is 298 g/mol. The van der Waals surface area contributed by atoms with Crippen molar-refractivity contribution in [1.82, 2.24) is 0 Å². The molecule has 0 aliphatic heterocycles. The number of ether oxygens (including phenoxy) is 1. The predicted molar refractivity (Wildman–Crippen MR) is 74.3 cm³/mol. The zero-order valence-corrected chi connectivity index (χ0v) is 11.9. The highest BCUT2D eigenvalue weighted by Gasteiger charge is 2.27. The normalized spacial score (nSPS) is 16.9. The number of halogens is 1. The van der Waals surface area contributed by atoms with E-state index in [4.69, 9.17) is 10.5 Å². The zero-order valence-electron chi connectivity index (χ0n) is 10.3. The van der Waals surface area contributed by atoms with Gasteiger partial charge in [-0.1, -0.05) is 6.07 Å². The Labute approximate surface area is 112 Å². The summed E-state index contributed by atoms with van der Waals surface area (Å²) in [5.41, 5.74) is 7.44. The van der Waals surface area contributed by atoms with Gasteiger partial charge >= 0.3 is 0 Å². The lowest BCUT2D eigenvalue weighted by molar-refractivity contribution is 0.412. The SMILES string of the molecule is COc1ccc(CCCC(N)C2CC2)cc1Br. The highest BCUT2D eigenvalue weighted by atomic mass is 79.9. The van der Waals surface area contributed by atoms with Crippen LogP contribution in [-0.4, -0.2) is 13.2 Å². The van der Waals surface area contributed by atoms with E-state index in [9.17, 15) is 0 Å². The van der Waals surface area contributed by atoms with Crippen molar-refractivity contribution in [2.24, 2.45) is 11.7 Å². The minimum Gasteiger partial charge on any atom is -0.496 e. The van der Waals surface area contributed by atoms with E-state index in [1.54, 1.807) is 7.11 Å². The molecule has 0 amide bonds. The minimum atomic E-state index is 0.427. The quantitative estimate of drug-likeness (QED) is 0.872. The van der Waals surface area contributed by atoms with Crippen LogP contribution in [0.25, 0.3) is 0 Å². The van der Waals surface area contributed by atoms with Crippen molar-refractivity contribution in [1.29, 1.82) is 0 Å². The summed E-state index contributed by atoms with van der Waals surface area (Å²) in [5.74, 6) is 1.71. The van der Waals surface area contributed by atoms with Gasteiger partial charge in [-0.3, -0.25) is 0 Å². The first kappa shape index (κ1) is 12.9. The molecular weight excluding hydrogens is 278 g/mol. The minimum absolute atomic E-state index is 0.427. The van der Waals surface area contributed by atoms with Crippen molar-refractivity contribution in [3.8, 4) is 5.75 Å². The van der Waals surface area contributed by atoms with Crippen molar-refractivity contribution < 1.29 is 4.74 Å². The van der Waals surface area contributed by atoms with Crippen LogP contribution in [0.1, 0.15) is 31.2 Å². The molecular formula is C14H20BrNO. The lowest BCUT2D eigenvalue weighted by Gasteiger charge is -2.10. The highest BCUT2D eigenvalue weighted by molar-refractivity contribution is 9.10. The van der Waals surface area contributed by atoms with Crippen LogP contribution < -0.4 is 10.5 Å². The summed E-state index contributed by atoms with van der Waals surface area (Å²) < 4.78 is 6.25. The van der Waals surface area contributed by atoms with Gasteiger partial charge in [0.25, 0.3) is 0 Å². The molecule has 0 heterocycles. The molecule has 1 aliphatic rings. The van der Waals surface area contributed by atoms with E-state index in [1.165, 1.54) is 24.8 Å². The van der Waals surface area contributed by atoms with Crippen molar-refractivity contribution in [2.75, 3.05) is 7.11 Å². The second kappa shape index (κ2) is 5.87. The fourth-order valence-electron chi connectivity index (χ4n) is 2.17. The summed E-state index contributed by atoms with van der Waals surface area (Å²) in [7, 11) is 1.69. The van der Waals surface area contributed by atoms with Gasteiger partial charge in [0.05, 0.1) is 11.6 Å². The Morgan fingerprint density at radius 1 is 1.47 bits per heavy atom. The van der Waals surface area contributed by atoms with Gasteiger partial charge < -0.3 is 10.5 Å². The Kier molecular flexibility index (Phi) is 4.46. The Morgan fingerprint density at radius 3 is 2.82 bits per heavy atom. The van der Waals surface area contributed by atoms with Crippen LogP contribution in [0.4, 0.5) is 0 Å². The number of rotatable bonds is 6. The van der Waals surface area contributed by atoms with Gasteiger partial charge in [-0.25, -0.2) is 0 Å². The lowest BCUT2D eigenvalue weighted by Crippen LogP contribution is -2.22. The molecule has 94 valence electrons. The van der Waals surface area contributed by atoms with E-state index < -0.39 is 0 Å². The third-order valence-corrected chi connectivity index (χ3v) is 4.07. The molecule has 2 rings (SSSR count). The molecule has 1 aromatic carbocycles. The monoisotopic (exact) mass is 297 g/mol. The topological polar surface area (TPSA) is 35.2 Å². The summed E-state index contributed by atoms with van der Waals surface area (Å²) in [6.45, 7) is 0. The summed E-state index contributed by atoms with van der Waals surface area (Å²) in [5, 5.41) is 0. The van der Waals surface area contributed by atoms with E-state index in [1.807, 2.05) is 6.07 Å². The maximum absolute atomic E-state index is 6.09. The van der Waals surface area contributed by atoms with Crippen LogP contribution in [-0.2, 0) is 6.42 Å². The molecule has 1 fully saturated rings. The predicted octanol–water partition coefficient (Wildman–Crippen LogP) is 3.52. The van der Waals surface area contributed by atoms with Crippen LogP contribution in [0.5, 0.6) is 5.75 Å². The van der Waals surface area contributed by atoms with Gasteiger partial charge in [-0.2, -0.15) is 0 Å². The van der Waals surface area contributed by atoms with Crippen LogP contribution >= 0.6 is 15.9 Å². The van der Waals surface area contributed by atoms with Crippen molar-refractivity contribution in [3.63, 3.8) is 0 Å². The third-order valence-electron chi connectivity index (χ3n) is 3.45. The van der Waals surface area contributed by atoms with Crippen LogP contribution in [0.3, 0.4) is 0 Å². The number of hydrogen-bond acceptors (Lipinski definition) is 2. The fourth-order valence-corrected chi connectivity index (χ4v) is 2.76. The first-order chi connectivity index (χ1) is 8.20. The number of methoxy groups -OCH3 is 1. The molecule has 3 heteroatoms. The Bertz CT molecular complexity index is 376. The molecule has 0 radical (unpaired) electrons. The van der Waals surface area contributed by atoms with Gasteiger partial charge in [-0.15, -0.1) is 0 Å². The molecule has 1 unspecified atom stereocenters. The number of benzene rings is 1. The molecule has 1 aliphatic carbocycles. The van der Waals surface area contributed by atoms with E-state index >= 15 is 0 Å². The lowest BCUT2D eigenvalue weighted by atomic mass is 10.0. The average Bonchev–Trinajstić information content (AvgIpc) is 3.13. The maximum Gasteiger partial charge on any atom is 0.133 e. The van der Waals surface area contributed by atoms with Crippen LogP contribution in [0.2, 0.25) is 0 Å². The Hall–Kier alpha value is -0.540. The van der Waals surface area contributed by atoms with Crippen LogP contribution in [0, 0.1) is 5.92 Å². The molecule has 0 bridgehead atoms. The number of nitrogens with two attached hydrogens (primary N) is 1. The maximum atomic E-state index is 6.09. The molecule has 0 aromatic heterocycles. The number of aryl methyl sites for hydroxylation is 1. The van der Waals surface area contributed by atoms with Gasteiger partial charge in [0.1, 0.15) is 5.75 Å². The zero-order chi connectivity index (χ0) is 12.3. The van der Waals surface area contributed by atoms with Gasteiger partial charge in [0.15, 0.2) is 0 Å². The van der Waals surface area contributed by atoms with Gasteiger partial charge in [-0.05, 0) is 71.6 Å². The summed E-state index contributed by atoms with van der Waals surface area (Å²) in [6, 6.07) is 6.71. The standard InChI is InChI=1S/C14H20BrNO/c1-17-14-8-5-10(9-12(14)15)3-2-4-13(16)11-6-7-11/h5,8-9,11,13H,2-4,6-7,16H2,1H3. The molecule has 1 aromatic rings. The molecule has 2 nitrogen and oxygen atoms in total. The van der Waals surface area contributed by atoms with E-state index in [0.29, 0.717) is 6.04 Å². The summed E-state index contributed by atoms with van der Waals surface area (Å²) in [4.78, 5) is 0. The molecule has 1 atom stereocenters. The highest BCUT2D eigenvalue weighted by Crippen LogP contribution is 2.33. The van der Waals surface area contributed by atoms with Gasteiger partial charge in [0.2, 0.25) is 0 Å². The molecule has 1 saturated carbocycles. The molecule has 2 N–H and O–H groups in total. The molecule has 0 saturated heterocycles. The molecule has 0 spiro atoms. The second-order valence-corrected chi connectivity index (χ2v) is 5.72. The number of hydrogen-bond donors (Lipinski definition) is 1. The van der Waals surface area contributed by atoms with E-state index in [0.717, 1.165) is 29.0 Å². The fraction of sp³-hybridized carbons (Fsp3) is 0.571. The van der Waals surface area contributed by atoms with Crippen molar-refractivity contribution in [2.45, 2.75) is 38.1 Å². The van der Waals surface area contributed by atoms with Crippen molar-refractivity contribution >= 4 is 15.9 Å². The third kappa shape index (κ3) is 3.71. The first-order valence-electron chi connectivity index (χ1n) is 6.28. The Balaban J connectivity index is 1.80. The summed E-state index contributed by atoms with van der Waals surface area (Å²) >= 11 is 3.51. The first-order valence-corrected chi connectivity index (χ1v) is 7.08. The largest absolute Gasteiger partial charge is 0.496 e. The van der Waals surface area contributed by atoms with Gasteiger partial charge in [0, 0.05) is 6.04 Å². The smallest absolute Gasteiger partial charge is 0.133 e. The van der Waals surface area contributed by atoms with E-state index in [-0.39, 0.29) is 0 Å². The Morgan fingerprint density at radius 2 is 2.24 bits per heavy atom. The molecule has 17 heavy (non-hydrogen) atoms. The van der Waals surface area contributed by atoms with Crippen LogP contribution in [0.15, 0.2) is 22.7 Å². The van der Waals surface area contributed by atoms with E-state index in [2.05, 4.69) is 28.1 Å².